The fourth-order valence-corrected chi connectivity index (χ4v) is 1.62. The van der Waals surface area contributed by atoms with Gasteiger partial charge in [0, 0.05) is 31.4 Å². The van der Waals surface area contributed by atoms with Gasteiger partial charge in [-0.2, -0.15) is 0 Å². The standard InChI is InChI=1S/C9H10N4O3/c10-5-3-6(14)13(4-5)8-7(9(15)16)11-1-2-12-8/h1-2,5H,3-4,10H2,(H,15,16). The highest BCUT2D eigenvalue weighted by Gasteiger charge is 2.32. The van der Waals surface area contributed by atoms with Crippen LogP contribution in [-0.4, -0.2) is 39.5 Å². The van der Waals surface area contributed by atoms with Crippen LogP contribution in [0.5, 0.6) is 0 Å². The van der Waals surface area contributed by atoms with Crippen molar-refractivity contribution in [3.05, 3.63) is 18.1 Å². The molecule has 1 atom stereocenters. The largest absolute Gasteiger partial charge is 0.476 e. The Morgan fingerprint density at radius 2 is 2.19 bits per heavy atom. The summed E-state index contributed by atoms with van der Waals surface area (Å²) in [6, 6.07) is -0.281. The molecule has 0 bridgehead atoms. The summed E-state index contributed by atoms with van der Waals surface area (Å²) < 4.78 is 0. The first-order chi connectivity index (χ1) is 7.59. The Bertz CT molecular complexity index is 448. The minimum absolute atomic E-state index is 0.0629. The van der Waals surface area contributed by atoms with Crippen LogP contribution in [0, 0.1) is 0 Å². The molecule has 7 nitrogen and oxygen atoms in total. The van der Waals surface area contributed by atoms with Crippen molar-refractivity contribution in [2.75, 3.05) is 11.4 Å². The van der Waals surface area contributed by atoms with Gasteiger partial charge in [0.2, 0.25) is 5.91 Å². The van der Waals surface area contributed by atoms with Crippen molar-refractivity contribution in [3.8, 4) is 0 Å². The first-order valence-corrected chi connectivity index (χ1v) is 4.70. The topological polar surface area (TPSA) is 109 Å². The lowest BCUT2D eigenvalue weighted by Gasteiger charge is -2.15. The van der Waals surface area contributed by atoms with Crippen LogP contribution >= 0.6 is 0 Å². The van der Waals surface area contributed by atoms with Gasteiger partial charge in [-0.25, -0.2) is 14.8 Å². The van der Waals surface area contributed by atoms with Crippen LogP contribution < -0.4 is 10.6 Å². The molecule has 0 radical (unpaired) electrons. The van der Waals surface area contributed by atoms with Crippen LogP contribution in [0.4, 0.5) is 5.82 Å². The molecule has 1 saturated heterocycles. The Morgan fingerprint density at radius 1 is 1.50 bits per heavy atom. The first kappa shape index (κ1) is 10.5. The SMILES string of the molecule is NC1CC(=O)N(c2nccnc2C(=O)O)C1. The number of amides is 1. The van der Waals surface area contributed by atoms with Gasteiger partial charge in [-0.15, -0.1) is 0 Å². The van der Waals surface area contributed by atoms with Crippen LogP contribution in [-0.2, 0) is 4.79 Å². The highest BCUT2D eigenvalue weighted by molar-refractivity contribution is 6.01. The summed E-state index contributed by atoms with van der Waals surface area (Å²) in [7, 11) is 0. The Kier molecular flexibility index (Phi) is 2.53. The smallest absolute Gasteiger partial charge is 0.358 e. The van der Waals surface area contributed by atoms with Gasteiger partial charge in [-0.3, -0.25) is 9.69 Å². The maximum atomic E-state index is 11.5. The maximum absolute atomic E-state index is 11.5. The van der Waals surface area contributed by atoms with Crippen molar-refractivity contribution in [2.45, 2.75) is 12.5 Å². The molecule has 7 heteroatoms. The monoisotopic (exact) mass is 222 g/mol. The van der Waals surface area contributed by atoms with E-state index in [2.05, 4.69) is 9.97 Å². The zero-order chi connectivity index (χ0) is 11.7. The molecule has 3 N–H and O–H groups in total. The molecule has 0 spiro atoms. The number of hydrogen-bond donors (Lipinski definition) is 2. The van der Waals surface area contributed by atoms with Crippen molar-refractivity contribution in [2.24, 2.45) is 5.73 Å². The van der Waals surface area contributed by atoms with E-state index in [9.17, 15) is 9.59 Å². The highest BCUT2D eigenvalue weighted by Crippen LogP contribution is 2.20. The fraction of sp³-hybridized carbons (Fsp3) is 0.333. The second-order valence-corrected chi connectivity index (χ2v) is 3.50. The van der Waals surface area contributed by atoms with E-state index in [-0.39, 0.29) is 36.4 Å². The van der Waals surface area contributed by atoms with E-state index < -0.39 is 5.97 Å². The molecule has 1 aromatic heterocycles. The minimum Gasteiger partial charge on any atom is -0.476 e. The number of nitrogens with two attached hydrogens (primary N) is 1. The third-order valence-corrected chi connectivity index (χ3v) is 2.29. The number of rotatable bonds is 2. The number of carbonyl (C=O) groups excluding carboxylic acids is 1. The summed E-state index contributed by atoms with van der Waals surface area (Å²) in [6.45, 7) is 0.276. The molecular weight excluding hydrogens is 212 g/mol. The Labute approximate surface area is 90.9 Å². The van der Waals surface area contributed by atoms with Crippen LogP contribution in [0.3, 0.4) is 0 Å². The zero-order valence-corrected chi connectivity index (χ0v) is 8.33. The molecule has 1 aliphatic rings. The maximum Gasteiger partial charge on any atom is 0.358 e. The summed E-state index contributed by atoms with van der Waals surface area (Å²) in [5, 5.41) is 8.91. The van der Waals surface area contributed by atoms with Crippen molar-refractivity contribution >= 4 is 17.7 Å². The van der Waals surface area contributed by atoms with E-state index in [1.165, 1.54) is 17.3 Å². The molecule has 0 aromatic carbocycles. The first-order valence-electron chi connectivity index (χ1n) is 4.70. The van der Waals surface area contributed by atoms with Gasteiger partial charge in [0.25, 0.3) is 0 Å². The average molecular weight is 222 g/mol. The number of aromatic nitrogens is 2. The molecule has 2 heterocycles. The summed E-state index contributed by atoms with van der Waals surface area (Å²) in [6.07, 6.45) is 2.82. The van der Waals surface area contributed by atoms with E-state index in [1.54, 1.807) is 0 Å². The number of carboxylic acids is 1. The number of aromatic carboxylic acids is 1. The second kappa shape index (κ2) is 3.86. The van der Waals surface area contributed by atoms with Crippen LogP contribution in [0.2, 0.25) is 0 Å². The van der Waals surface area contributed by atoms with E-state index in [0.717, 1.165) is 0 Å². The normalized spacial score (nSPS) is 20.2. The van der Waals surface area contributed by atoms with Gasteiger partial charge in [0.05, 0.1) is 0 Å². The number of anilines is 1. The lowest BCUT2D eigenvalue weighted by Crippen LogP contribution is -2.30. The van der Waals surface area contributed by atoms with E-state index in [1.807, 2.05) is 0 Å². The minimum atomic E-state index is -1.21. The predicted molar refractivity (Wildman–Crippen MR) is 53.9 cm³/mol. The third kappa shape index (κ3) is 1.72. The molecule has 84 valence electrons. The van der Waals surface area contributed by atoms with Gasteiger partial charge in [-0.1, -0.05) is 0 Å². The van der Waals surface area contributed by atoms with Gasteiger partial charge in [0.1, 0.15) is 0 Å². The van der Waals surface area contributed by atoms with E-state index >= 15 is 0 Å². The van der Waals surface area contributed by atoms with E-state index in [0.29, 0.717) is 0 Å². The molecule has 0 saturated carbocycles. The molecular formula is C9H10N4O3. The van der Waals surface area contributed by atoms with Crippen molar-refractivity contribution in [1.29, 1.82) is 0 Å². The molecule has 1 aromatic rings. The summed E-state index contributed by atoms with van der Waals surface area (Å²) in [4.78, 5) is 31.3. The lowest BCUT2D eigenvalue weighted by molar-refractivity contribution is -0.117. The van der Waals surface area contributed by atoms with Gasteiger partial charge in [-0.05, 0) is 0 Å². The quantitative estimate of drug-likeness (QED) is 0.680. The van der Waals surface area contributed by atoms with Crippen LogP contribution in [0.15, 0.2) is 12.4 Å². The molecule has 0 aliphatic carbocycles. The molecule has 16 heavy (non-hydrogen) atoms. The number of carbonyl (C=O) groups is 2. The summed E-state index contributed by atoms with van der Waals surface area (Å²) in [5.74, 6) is -1.38. The molecule has 1 aliphatic heterocycles. The highest BCUT2D eigenvalue weighted by atomic mass is 16.4. The Morgan fingerprint density at radius 3 is 2.75 bits per heavy atom. The lowest BCUT2D eigenvalue weighted by atomic mass is 10.3. The van der Waals surface area contributed by atoms with Crippen LogP contribution in [0.1, 0.15) is 16.9 Å². The van der Waals surface area contributed by atoms with Crippen molar-refractivity contribution in [3.63, 3.8) is 0 Å². The molecule has 2 rings (SSSR count). The van der Waals surface area contributed by atoms with Crippen LogP contribution in [0.25, 0.3) is 0 Å². The van der Waals surface area contributed by atoms with Gasteiger partial charge in [0.15, 0.2) is 11.5 Å². The predicted octanol–water partition coefficient (Wildman–Crippen LogP) is -0.761. The molecule has 1 amide bonds. The second-order valence-electron chi connectivity index (χ2n) is 3.50. The summed E-state index contributed by atoms with van der Waals surface area (Å²) >= 11 is 0. The average Bonchev–Trinajstić information content (AvgIpc) is 2.57. The van der Waals surface area contributed by atoms with Gasteiger partial charge >= 0.3 is 5.97 Å². The molecule has 1 fully saturated rings. The number of nitrogens with zero attached hydrogens (tertiary/aromatic N) is 3. The third-order valence-electron chi connectivity index (χ3n) is 2.29. The zero-order valence-electron chi connectivity index (χ0n) is 8.33. The van der Waals surface area contributed by atoms with E-state index in [4.69, 9.17) is 10.8 Å². The Balaban J connectivity index is 2.40. The van der Waals surface area contributed by atoms with Crippen molar-refractivity contribution < 1.29 is 14.7 Å². The fourth-order valence-electron chi connectivity index (χ4n) is 1.62. The summed E-state index contributed by atoms with van der Waals surface area (Å²) in [5.41, 5.74) is 5.39. The molecule has 1 unspecified atom stereocenters. The van der Waals surface area contributed by atoms with Gasteiger partial charge < -0.3 is 10.8 Å². The number of hydrogen-bond acceptors (Lipinski definition) is 5. The van der Waals surface area contributed by atoms with Crippen molar-refractivity contribution in [1.82, 2.24) is 9.97 Å². The number of carboxylic acid groups (broad SMARTS) is 1. The Hall–Kier alpha value is -2.02.